The van der Waals surface area contributed by atoms with Crippen LogP contribution in [0.25, 0.3) is 6.08 Å². The molecule has 0 unspecified atom stereocenters. The van der Waals surface area contributed by atoms with E-state index in [0.29, 0.717) is 18.8 Å². The van der Waals surface area contributed by atoms with Gasteiger partial charge in [-0.2, -0.15) is 0 Å². The van der Waals surface area contributed by atoms with E-state index in [2.05, 4.69) is 6.58 Å². The van der Waals surface area contributed by atoms with Crippen LogP contribution < -0.4 is 0 Å². The van der Waals surface area contributed by atoms with E-state index in [1.807, 2.05) is 0 Å². The number of hydrogen-bond donors (Lipinski definition) is 0. The number of carbonyl (C=O) groups excluding carboxylic acids is 2. The van der Waals surface area contributed by atoms with E-state index >= 15 is 0 Å². The second-order valence-corrected chi connectivity index (χ2v) is 3.29. The van der Waals surface area contributed by atoms with Crippen LogP contribution in [0, 0.1) is 0 Å². The van der Waals surface area contributed by atoms with E-state index in [0.717, 1.165) is 12.0 Å². The van der Waals surface area contributed by atoms with Gasteiger partial charge in [-0.25, -0.2) is 4.79 Å². The smallest absolute Gasteiger partial charge is 0.330 e. The Labute approximate surface area is 100 Å². The Morgan fingerprint density at radius 2 is 2.18 bits per heavy atom. The third-order valence-corrected chi connectivity index (χ3v) is 2.16. The highest BCUT2D eigenvalue weighted by Crippen LogP contribution is 2.10. The highest BCUT2D eigenvalue weighted by atomic mass is 16.5. The molecular weight excluding hydrogens is 218 g/mol. The van der Waals surface area contributed by atoms with Crippen molar-refractivity contribution in [3.8, 4) is 0 Å². The summed E-state index contributed by atoms with van der Waals surface area (Å²) in [7, 11) is 0. The minimum atomic E-state index is -0.397. The Morgan fingerprint density at radius 1 is 1.47 bits per heavy atom. The van der Waals surface area contributed by atoms with Crippen LogP contribution in [0.4, 0.5) is 0 Å². The molecule has 0 aliphatic carbocycles. The highest BCUT2D eigenvalue weighted by Gasteiger charge is 2.04. The first kappa shape index (κ1) is 13.0. The summed E-state index contributed by atoms with van der Waals surface area (Å²) < 4.78 is 6.53. The number of esters is 1. The van der Waals surface area contributed by atoms with Crippen LogP contribution in [0.1, 0.15) is 23.1 Å². The molecule has 1 heterocycles. The Bertz CT molecular complexity index is 444. The van der Waals surface area contributed by atoms with Gasteiger partial charge in [-0.3, -0.25) is 4.79 Å². The number of ether oxygens (including phenoxy) is 1. The van der Waals surface area contributed by atoms with Crippen molar-refractivity contribution < 1.29 is 14.3 Å². The average molecular weight is 233 g/mol. The molecule has 0 spiro atoms. The van der Waals surface area contributed by atoms with Gasteiger partial charge in [-0.05, 0) is 25.1 Å². The van der Waals surface area contributed by atoms with Crippen molar-refractivity contribution in [2.24, 2.45) is 0 Å². The van der Waals surface area contributed by atoms with E-state index in [1.165, 1.54) is 6.08 Å². The van der Waals surface area contributed by atoms with Gasteiger partial charge >= 0.3 is 5.97 Å². The fourth-order valence-corrected chi connectivity index (χ4v) is 1.43. The summed E-state index contributed by atoms with van der Waals surface area (Å²) in [5, 5.41) is 0. The van der Waals surface area contributed by atoms with Crippen LogP contribution in [-0.2, 0) is 16.1 Å². The number of rotatable bonds is 6. The van der Waals surface area contributed by atoms with Gasteiger partial charge in [0.15, 0.2) is 6.29 Å². The molecule has 0 N–H and O–H groups in total. The largest absolute Gasteiger partial charge is 0.463 e. The molecule has 0 radical (unpaired) electrons. The second-order valence-electron chi connectivity index (χ2n) is 3.29. The first-order chi connectivity index (χ1) is 8.22. The first-order valence-corrected chi connectivity index (χ1v) is 5.33. The molecule has 1 aromatic rings. The number of aromatic nitrogens is 1. The molecule has 90 valence electrons. The van der Waals surface area contributed by atoms with Crippen LogP contribution in [0.2, 0.25) is 0 Å². The summed E-state index contributed by atoms with van der Waals surface area (Å²) in [6.07, 6.45) is 5.42. The summed E-state index contributed by atoms with van der Waals surface area (Å²) in [5.74, 6) is -0.397. The summed E-state index contributed by atoms with van der Waals surface area (Å²) in [6.45, 7) is 6.23. The molecule has 0 saturated carbocycles. The number of nitrogens with zero attached hydrogens (tertiary/aromatic N) is 1. The van der Waals surface area contributed by atoms with Crippen LogP contribution in [0.5, 0.6) is 0 Å². The lowest BCUT2D eigenvalue weighted by molar-refractivity contribution is -0.137. The van der Waals surface area contributed by atoms with Crippen LogP contribution in [0.3, 0.4) is 0 Å². The zero-order valence-electron chi connectivity index (χ0n) is 9.76. The van der Waals surface area contributed by atoms with Gasteiger partial charge in [0.1, 0.15) is 0 Å². The van der Waals surface area contributed by atoms with Crippen molar-refractivity contribution in [3.05, 3.63) is 42.3 Å². The topological polar surface area (TPSA) is 48.3 Å². The molecule has 0 amide bonds. The Kier molecular flexibility index (Phi) is 4.94. The van der Waals surface area contributed by atoms with Gasteiger partial charge in [0.05, 0.1) is 12.3 Å². The number of aldehydes is 1. The molecule has 0 fully saturated rings. The molecule has 0 atom stereocenters. The molecular formula is C13H15NO3. The first-order valence-electron chi connectivity index (χ1n) is 5.33. The van der Waals surface area contributed by atoms with Gasteiger partial charge < -0.3 is 9.30 Å². The van der Waals surface area contributed by atoms with Gasteiger partial charge in [0.2, 0.25) is 0 Å². The van der Waals surface area contributed by atoms with Crippen molar-refractivity contribution in [3.63, 3.8) is 0 Å². The van der Waals surface area contributed by atoms with Crippen LogP contribution in [-0.4, -0.2) is 23.4 Å². The van der Waals surface area contributed by atoms with E-state index in [9.17, 15) is 9.59 Å². The molecule has 0 aromatic carbocycles. The molecule has 4 heteroatoms. The van der Waals surface area contributed by atoms with E-state index in [-0.39, 0.29) is 0 Å². The molecule has 0 bridgehead atoms. The Hall–Kier alpha value is -2.10. The fraction of sp³-hybridized carbons (Fsp3) is 0.231. The quantitative estimate of drug-likeness (QED) is 0.327. The SMILES string of the molecule is C=CCn1c(C=O)ccc1/C=C/C(=O)OCC. The monoisotopic (exact) mass is 233 g/mol. The Morgan fingerprint density at radius 3 is 2.76 bits per heavy atom. The standard InChI is InChI=1S/C13H15NO3/c1-3-9-14-11(5-6-12(14)10-15)7-8-13(16)17-4-2/h3,5-8,10H,1,4,9H2,2H3/b8-7+. The zero-order valence-corrected chi connectivity index (χ0v) is 9.76. The lowest BCUT2D eigenvalue weighted by Gasteiger charge is -2.04. The van der Waals surface area contributed by atoms with Crippen LogP contribution >= 0.6 is 0 Å². The van der Waals surface area contributed by atoms with Crippen LogP contribution in [0.15, 0.2) is 30.9 Å². The van der Waals surface area contributed by atoms with E-state index in [1.54, 1.807) is 35.8 Å². The third-order valence-electron chi connectivity index (χ3n) is 2.16. The molecule has 4 nitrogen and oxygen atoms in total. The maximum atomic E-state index is 11.2. The lowest BCUT2D eigenvalue weighted by Crippen LogP contribution is -2.03. The van der Waals surface area contributed by atoms with E-state index in [4.69, 9.17) is 4.74 Å². The Balaban J connectivity index is 2.90. The number of hydrogen-bond acceptors (Lipinski definition) is 3. The van der Waals surface area contributed by atoms with Crippen molar-refractivity contribution in [1.82, 2.24) is 4.57 Å². The predicted molar refractivity (Wildman–Crippen MR) is 65.7 cm³/mol. The van der Waals surface area contributed by atoms with Gasteiger partial charge in [0, 0.05) is 18.3 Å². The van der Waals surface area contributed by atoms with Gasteiger partial charge in [-0.1, -0.05) is 6.08 Å². The summed E-state index contributed by atoms with van der Waals surface area (Å²) in [5.41, 5.74) is 1.31. The van der Waals surface area contributed by atoms with Crippen molar-refractivity contribution in [2.75, 3.05) is 6.61 Å². The summed E-state index contributed by atoms with van der Waals surface area (Å²) in [6, 6.07) is 3.46. The third kappa shape index (κ3) is 3.45. The summed E-state index contributed by atoms with van der Waals surface area (Å²) in [4.78, 5) is 21.9. The zero-order chi connectivity index (χ0) is 12.7. The number of allylic oxidation sites excluding steroid dienone is 1. The second kappa shape index (κ2) is 6.48. The molecule has 1 rings (SSSR count). The van der Waals surface area contributed by atoms with Gasteiger partial charge in [0.25, 0.3) is 0 Å². The minimum absolute atomic E-state index is 0.344. The predicted octanol–water partition coefficient (Wildman–Crippen LogP) is 2.06. The maximum absolute atomic E-state index is 11.2. The maximum Gasteiger partial charge on any atom is 0.330 e. The highest BCUT2D eigenvalue weighted by molar-refractivity contribution is 5.87. The molecule has 0 saturated heterocycles. The minimum Gasteiger partial charge on any atom is -0.463 e. The lowest BCUT2D eigenvalue weighted by atomic mass is 10.3. The van der Waals surface area contributed by atoms with Gasteiger partial charge in [-0.15, -0.1) is 6.58 Å². The molecule has 0 aliphatic rings. The van der Waals surface area contributed by atoms with Crippen molar-refractivity contribution in [1.29, 1.82) is 0 Å². The molecule has 1 aromatic heterocycles. The summed E-state index contributed by atoms with van der Waals surface area (Å²) >= 11 is 0. The van der Waals surface area contributed by atoms with Crippen molar-refractivity contribution >= 4 is 18.3 Å². The number of carbonyl (C=O) groups is 2. The molecule has 0 aliphatic heterocycles. The van der Waals surface area contributed by atoms with Crippen molar-refractivity contribution in [2.45, 2.75) is 13.5 Å². The molecule has 17 heavy (non-hydrogen) atoms. The average Bonchev–Trinajstić information content (AvgIpc) is 2.70. The fourth-order valence-electron chi connectivity index (χ4n) is 1.43. The van der Waals surface area contributed by atoms with E-state index < -0.39 is 5.97 Å². The normalized spacial score (nSPS) is 10.4.